The Labute approximate surface area is 150 Å². The molecule has 1 aromatic rings. The van der Waals surface area contributed by atoms with Crippen molar-refractivity contribution in [2.24, 2.45) is 0 Å². The van der Waals surface area contributed by atoms with E-state index in [1.54, 1.807) is 11.0 Å². The van der Waals surface area contributed by atoms with Gasteiger partial charge in [-0.25, -0.2) is 8.42 Å². The number of hydrogen-bond acceptors (Lipinski definition) is 4. The van der Waals surface area contributed by atoms with Gasteiger partial charge in [-0.1, -0.05) is 17.7 Å². The Morgan fingerprint density at radius 3 is 2.24 bits per heavy atom. The summed E-state index contributed by atoms with van der Waals surface area (Å²) in [6.45, 7) is 7.89. The number of sulfonamides is 1. The first-order chi connectivity index (χ1) is 11.9. The number of nitrogens with zero attached hydrogens (tertiary/aromatic N) is 3. The maximum absolute atomic E-state index is 12.9. The molecular weight excluding hydrogens is 338 g/mol. The van der Waals surface area contributed by atoms with Gasteiger partial charge in [-0.15, -0.1) is 0 Å². The van der Waals surface area contributed by atoms with Crippen LogP contribution in [-0.4, -0.2) is 74.2 Å². The molecule has 0 atom stereocenters. The number of likely N-dealkylation sites (tertiary alicyclic amines) is 1. The predicted molar refractivity (Wildman–Crippen MR) is 96.9 cm³/mol. The van der Waals surface area contributed by atoms with Crippen molar-refractivity contribution in [1.29, 1.82) is 0 Å². The van der Waals surface area contributed by atoms with E-state index < -0.39 is 10.0 Å². The highest BCUT2D eigenvalue weighted by molar-refractivity contribution is 7.89. The first kappa shape index (κ1) is 18.4. The zero-order chi connectivity index (χ0) is 18.0. The number of rotatable bonds is 4. The van der Waals surface area contributed by atoms with Gasteiger partial charge in [-0.2, -0.15) is 4.31 Å². The third kappa shape index (κ3) is 4.04. The topological polar surface area (TPSA) is 60.9 Å². The van der Waals surface area contributed by atoms with Crippen LogP contribution in [0.2, 0.25) is 0 Å². The fraction of sp³-hybridized carbons (Fsp3) is 0.611. The molecule has 2 heterocycles. The molecule has 0 bridgehead atoms. The second-order valence-electron chi connectivity index (χ2n) is 7.04. The summed E-state index contributed by atoms with van der Waals surface area (Å²) in [7, 11) is -3.50. The number of hydrogen-bond donors (Lipinski definition) is 0. The van der Waals surface area contributed by atoms with Crippen molar-refractivity contribution in [3.8, 4) is 0 Å². The molecule has 0 radical (unpaired) electrons. The van der Waals surface area contributed by atoms with Gasteiger partial charge in [0.25, 0.3) is 0 Å². The van der Waals surface area contributed by atoms with Crippen LogP contribution in [-0.2, 0) is 14.8 Å². The van der Waals surface area contributed by atoms with Gasteiger partial charge in [-0.3, -0.25) is 9.69 Å². The Balaban J connectivity index is 1.62. The van der Waals surface area contributed by atoms with E-state index in [2.05, 4.69) is 4.90 Å². The highest BCUT2D eigenvalue weighted by Crippen LogP contribution is 2.22. The van der Waals surface area contributed by atoms with Gasteiger partial charge in [0.15, 0.2) is 0 Å². The molecule has 1 amide bonds. The number of aryl methyl sites for hydroxylation is 2. The van der Waals surface area contributed by atoms with Crippen LogP contribution in [0.1, 0.15) is 24.0 Å². The lowest BCUT2D eigenvalue weighted by molar-refractivity contribution is -0.133. The fourth-order valence-electron chi connectivity index (χ4n) is 3.64. The number of carbonyl (C=O) groups excluding carboxylic acids is 1. The van der Waals surface area contributed by atoms with E-state index >= 15 is 0 Å². The van der Waals surface area contributed by atoms with E-state index in [1.165, 1.54) is 4.31 Å². The normalized spacial score (nSPS) is 20.2. The standard InChI is InChI=1S/C18H27N3O3S/c1-15-5-6-17(16(2)13-15)25(23,24)21-11-9-20(10-12-21)18(22)14-19-7-3-4-8-19/h5-6,13H,3-4,7-12,14H2,1-2H3. The second-order valence-corrected chi connectivity index (χ2v) is 8.94. The molecule has 0 aliphatic carbocycles. The van der Waals surface area contributed by atoms with Crippen molar-refractivity contribution < 1.29 is 13.2 Å². The monoisotopic (exact) mass is 365 g/mol. The SMILES string of the molecule is Cc1ccc(S(=O)(=O)N2CCN(C(=O)CN3CCCC3)CC2)c(C)c1. The molecule has 0 N–H and O–H groups in total. The molecule has 6 nitrogen and oxygen atoms in total. The van der Waals surface area contributed by atoms with E-state index in [0.29, 0.717) is 37.6 Å². The summed E-state index contributed by atoms with van der Waals surface area (Å²) in [5.74, 6) is 0.116. The lowest BCUT2D eigenvalue weighted by Crippen LogP contribution is -2.52. The van der Waals surface area contributed by atoms with Crippen LogP contribution in [0, 0.1) is 13.8 Å². The maximum Gasteiger partial charge on any atom is 0.243 e. The second kappa shape index (κ2) is 7.43. The largest absolute Gasteiger partial charge is 0.339 e. The van der Waals surface area contributed by atoms with E-state index in [-0.39, 0.29) is 5.91 Å². The first-order valence-electron chi connectivity index (χ1n) is 8.95. The zero-order valence-electron chi connectivity index (χ0n) is 15.1. The first-order valence-corrected chi connectivity index (χ1v) is 10.4. The third-order valence-corrected chi connectivity index (χ3v) is 7.16. The predicted octanol–water partition coefficient (Wildman–Crippen LogP) is 1.23. The van der Waals surface area contributed by atoms with Crippen LogP contribution >= 0.6 is 0 Å². The van der Waals surface area contributed by atoms with Crippen molar-refractivity contribution in [1.82, 2.24) is 14.1 Å². The minimum atomic E-state index is -3.50. The maximum atomic E-state index is 12.9. The van der Waals surface area contributed by atoms with Crippen LogP contribution in [0.4, 0.5) is 0 Å². The minimum absolute atomic E-state index is 0.116. The van der Waals surface area contributed by atoms with Crippen molar-refractivity contribution >= 4 is 15.9 Å². The summed E-state index contributed by atoms with van der Waals surface area (Å²) >= 11 is 0. The average Bonchev–Trinajstić information content (AvgIpc) is 3.07. The van der Waals surface area contributed by atoms with Crippen LogP contribution < -0.4 is 0 Å². The Kier molecular flexibility index (Phi) is 5.46. The summed E-state index contributed by atoms with van der Waals surface area (Å²) < 4.78 is 27.3. The van der Waals surface area contributed by atoms with Crippen molar-refractivity contribution in [3.63, 3.8) is 0 Å². The van der Waals surface area contributed by atoms with Gasteiger partial charge >= 0.3 is 0 Å². The van der Waals surface area contributed by atoms with E-state index in [9.17, 15) is 13.2 Å². The smallest absolute Gasteiger partial charge is 0.243 e. The molecule has 2 aliphatic heterocycles. The Bertz CT molecular complexity index is 734. The molecule has 2 aliphatic rings. The summed E-state index contributed by atoms with van der Waals surface area (Å²) in [6.07, 6.45) is 2.32. The van der Waals surface area contributed by atoms with Gasteiger partial charge in [0.05, 0.1) is 11.4 Å². The van der Waals surface area contributed by atoms with E-state index in [0.717, 1.165) is 37.1 Å². The van der Waals surface area contributed by atoms with Gasteiger partial charge in [-0.05, 0) is 51.4 Å². The fourth-order valence-corrected chi connectivity index (χ4v) is 5.27. The average molecular weight is 365 g/mol. The highest BCUT2D eigenvalue weighted by atomic mass is 32.2. The molecular formula is C18H27N3O3S. The number of benzene rings is 1. The summed E-state index contributed by atoms with van der Waals surface area (Å²) in [5, 5.41) is 0. The molecule has 1 aromatic carbocycles. The molecule has 0 aromatic heterocycles. The molecule has 0 unspecified atom stereocenters. The van der Waals surface area contributed by atoms with Crippen LogP contribution in [0.3, 0.4) is 0 Å². The van der Waals surface area contributed by atoms with Gasteiger partial charge < -0.3 is 4.90 Å². The lowest BCUT2D eigenvalue weighted by atomic mass is 10.2. The molecule has 0 spiro atoms. The molecule has 0 saturated carbocycles. The van der Waals surface area contributed by atoms with E-state index in [1.807, 2.05) is 26.0 Å². The molecule has 7 heteroatoms. The quantitative estimate of drug-likeness (QED) is 0.805. The molecule has 25 heavy (non-hydrogen) atoms. The van der Waals surface area contributed by atoms with Gasteiger partial charge in [0, 0.05) is 26.2 Å². The van der Waals surface area contributed by atoms with Crippen molar-refractivity contribution in [2.45, 2.75) is 31.6 Å². The molecule has 3 rings (SSSR count). The summed E-state index contributed by atoms with van der Waals surface area (Å²) in [6, 6.07) is 5.41. The molecule has 2 saturated heterocycles. The van der Waals surface area contributed by atoms with Gasteiger partial charge in [0.1, 0.15) is 0 Å². The van der Waals surface area contributed by atoms with Crippen LogP contribution in [0.5, 0.6) is 0 Å². The Morgan fingerprint density at radius 1 is 1.00 bits per heavy atom. The summed E-state index contributed by atoms with van der Waals surface area (Å²) in [4.78, 5) is 16.7. The van der Waals surface area contributed by atoms with Crippen molar-refractivity contribution in [2.75, 3.05) is 45.8 Å². The van der Waals surface area contributed by atoms with E-state index in [4.69, 9.17) is 0 Å². The zero-order valence-corrected chi connectivity index (χ0v) is 15.9. The van der Waals surface area contributed by atoms with Gasteiger partial charge in [0.2, 0.25) is 15.9 Å². The number of carbonyl (C=O) groups is 1. The minimum Gasteiger partial charge on any atom is -0.339 e. The summed E-state index contributed by atoms with van der Waals surface area (Å²) in [5.41, 5.74) is 1.82. The van der Waals surface area contributed by atoms with Crippen LogP contribution in [0.25, 0.3) is 0 Å². The third-order valence-electron chi connectivity index (χ3n) is 5.10. The Hall–Kier alpha value is -1.44. The highest BCUT2D eigenvalue weighted by Gasteiger charge is 2.31. The van der Waals surface area contributed by atoms with Crippen LogP contribution in [0.15, 0.2) is 23.1 Å². The van der Waals surface area contributed by atoms with Crippen molar-refractivity contribution in [3.05, 3.63) is 29.3 Å². The Morgan fingerprint density at radius 2 is 1.64 bits per heavy atom. The number of piperazine rings is 1. The molecule has 2 fully saturated rings. The molecule has 138 valence electrons. The lowest BCUT2D eigenvalue weighted by Gasteiger charge is -2.35. The number of amides is 1.